The van der Waals surface area contributed by atoms with Gasteiger partial charge >= 0.3 is 29.6 Å². The van der Waals surface area contributed by atoms with Gasteiger partial charge in [0, 0.05) is 18.1 Å². The molecule has 34 heavy (non-hydrogen) atoms. The van der Waals surface area contributed by atoms with Crippen LogP contribution in [0.5, 0.6) is 11.5 Å². The average molecular weight is 486 g/mol. The standard InChI is InChI=1S/C25H34FNO6.Na/c1-4-22(32-20-10-8-18(26)9-11-20)21-13-16(2)12-17(3)25(21)33-24(31)15-27-14-19(28)6-5-7-23(29)30;/h8-13,19,22,24,27-28,31H,4-7,14-15H2,1-3H3,(H,29,30);/q;+1/p-1/t19-,22+,24?;/m0./s1. The molecule has 0 amide bonds. The summed E-state index contributed by atoms with van der Waals surface area (Å²) in [4.78, 5) is 10.4. The number of halogens is 1. The van der Waals surface area contributed by atoms with Crippen LogP contribution in [-0.4, -0.2) is 41.7 Å². The molecule has 0 fully saturated rings. The molecule has 0 aliphatic rings. The second kappa shape index (κ2) is 15.3. The third-order valence-electron chi connectivity index (χ3n) is 5.13. The topological polar surface area (TPSA) is 111 Å². The number of rotatable bonds is 14. The Kier molecular flexibility index (Phi) is 13.7. The molecule has 3 atom stereocenters. The maximum absolute atomic E-state index is 13.2. The van der Waals surface area contributed by atoms with Gasteiger partial charge in [-0.1, -0.05) is 18.6 Å². The molecular weight excluding hydrogens is 452 g/mol. The molecule has 2 aromatic rings. The Bertz CT molecular complexity index is 896. The molecule has 9 heteroatoms. The minimum Gasteiger partial charge on any atom is -0.550 e. The summed E-state index contributed by atoms with van der Waals surface area (Å²) in [5.41, 5.74) is 2.64. The number of hydrogen-bond acceptors (Lipinski definition) is 7. The molecule has 2 rings (SSSR count). The number of carbonyl (C=O) groups is 1. The Balaban J connectivity index is 0.00000578. The second-order valence-electron chi connectivity index (χ2n) is 8.12. The zero-order valence-electron chi connectivity index (χ0n) is 20.3. The quantitative estimate of drug-likeness (QED) is 0.245. The molecule has 1 unspecified atom stereocenters. The molecule has 0 heterocycles. The van der Waals surface area contributed by atoms with E-state index in [2.05, 4.69) is 5.32 Å². The number of carboxylic acid groups (broad SMARTS) is 1. The summed E-state index contributed by atoms with van der Waals surface area (Å²) in [5.74, 6) is -0.441. The number of aliphatic carboxylic acids is 1. The smallest absolute Gasteiger partial charge is 0.550 e. The number of ether oxygens (including phenoxy) is 2. The van der Waals surface area contributed by atoms with Gasteiger partial charge < -0.3 is 34.9 Å². The van der Waals surface area contributed by atoms with Gasteiger partial charge in [0.05, 0.1) is 12.6 Å². The largest absolute Gasteiger partial charge is 1.00 e. The van der Waals surface area contributed by atoms with Crippen molar-refractivity contribution in [2.45, 2.75) is 65.0 Å². The van der Waals surface area contributed by atoms with Gasteiger partial charge in [0.25, 0.3) is 0 Å². The first-order valence-electron chi connectivity index (χ1n) is 11.2. The summed E-state index contributed by atoms with van der Waals surface area (Å²) in [7, 11) is 0. The van der Waals surface area contributed by atoms with Crippen molar-refractivity contribution >= 4 is 5.97 Å². The Morgan fingerprint density at radius 2 is 1.79 bits per heavy atom. The monoisotopic (exact) mass is 485 g/mol. The van der Waals surface area contributed by atoms with E-state index in [0.29, 0.717) is 30.8 Å². The molecule has 2 aromatic carbocycles. The number of aliphatic hydroxyl groups is 2. The summed E-state index contributed by atoms with van der Waals surface area (Å²) in [5, 5.41) is 33.7. The van der Waals surface area contributed by atoms with Crippen LogP contribution in [-0.2, 0) is 4.79 Å². The van der Waals surface area contributed by atoms with Gasteiger partial charge in [0.1, 0.15) is 23.4 Å². The Morgan fingerprint density at radius 1 is 1.12 bits per heavy atom. The van der Waals surface area contributed by atoms with Gasteiger partial charge in [-0.25, -0.2) is 4.39 Å². The Morgan fingerprint density at radius 3 is 2.41 bits per heavy atom. The molecule has 7 nitrogen and oxygen atoms in total. The fourth-order valence-electron chi connectivity index (χ4n) is 3.57. The number of aryl methyl sites for hydroxylation is 2. The number of hydrogen-bond donors (Lipinski definition) is 3. The number of benzene rings is 2. The fourth-order valence-corrected chi connectivity index (χ4v) is 3.57. The average Bonchev–Trinajstić information content (AvgIpc) is 2.75. The molecule has 0 saturated heterocycles. The van der Waals surface area contributed by atoms with E-state index < -0.39 is 18.4 Å². The first-order valence-corrected chi connectivity index (χ1v) is 11.2. The maximum atomic E-state index is 13.2. The maximum Gasteiger partial charge on any atom is 1.00 e. The normalized spacial score (nSPS) is 13.5. The molecule has 0 spiro atoms. The van der Waals surface area contributed by atoms with E-state index in [1.807, 2.05) is 32.9 Å². The van der Waals surface area contributed by atoms with Crippen molar-refractivity contribution in [3.63, 3.8) is 0 Å². The minimum atomic E-state index is -1.18. The Hall–Kier alpha value is -1.68. The van der Waals surface area contributed by atoms with Gasteiger partial charge in [0.15, 0.2) is 0 Å². The predicted octanol–water partition coefficient (Wildman–Crippen LogP) is -0.455. The SMILES string of the molecule is CC[C@@H](Oc1ccc(F)cc1)c1cc(C)cc(C)c1OC(O)CNC[C@@H](O)CCCC(=O)[O-].[Na+]. The van der Waals surface area contributed by atoms with Crippen molar-refractivity contribution < 1.29 is 63.5 Å². The van der Waals surface area contributed by atoms with Gasteiger partial charge in [0.2, 0.25) is 6.29 Å². The molecule has 3 N–H and O–H groups in total. The minimum absolute atomic E-state index is 0. The van der Waals surface area contributed by atoms with Crippen molar-refractivity contribution in [3.05, 3.63) is 58.9 Å². The van der Waals surface area contributed by atoms with Crippen molar-refractivity contribution in [1.29, 1.82) is 0 Å². The van der Waals surface area contributed by atoms with Crippen molar-refractivity contribution in [2.24, 2.45) is 0 Å². The Labute approximate surface area is 222 Å². The van der Waals surface area contributed by atoms with E-state index in [-0.39, 0.29) is 61.0 Å². The number of nitrogens with one attached hydrogen (secondary N) is 1. The zero-order chi connectivity index (χ0) is 24.4. The van der Waals surface area contributed by atoms with E-state index in [9.17, 15) is 24.5 Å². The molecular formula is C25H33FNNaO6. The third kappa shape index (κ3) is 10.3. The molecule has 0 saturated carbocycles. The van der Waals surface area contributed by atoms with E-state index in [1.165, 1.54) is 12.1 Å². The molecule has 0 radical (unpaired) electrons. The van der Waals surface area contributed by atoms with Crippen LogP contribution < -0.4 is 49.5 Å². The van der Waals surface area contributed by atoms with Crippen LogP contribution in [0.3, 0.4) is 0 Å². The van der Waals surface area contributed by atoms with Crippen LogP contribution in [0, 0.1) is 19.7 Å². The fraction of sp³-hybridized carbons (Fsp3) is 0.480. The molecule has 0 bridgehead atoms. The van der Waals surface area contributed by atoms with Crippen LogP contribution >= 0.6 is 0 Å². The first-order chi connectivity index (χ1) is 15.7. The summed E-state index contributed by atoms with van der Waals surface area (Å²) in [6, 6.07) is 9.70. The van der Waals surface area contributed by atoms with Crippen LogP contribution in [0.15, 0.2) is 36.4 Å². The van der Waals surface area contributed by atoms with Crippen LogP contribution in [0.1, 0.15) is 55.4 Å². The first kappa shape index (κ1) is 30.4. The summed E-state index contributed by atoms with van der Waals surface area (Å²) in [6.45, 7) is 6.08. The van der Waals surface area contributed by atoms with Gasteiger partial charge in [-0.15, -0.1) is 0 Å². The summed E-state index contributed by atoms with van der Waals surface area (Å²) in [6.07, 6.45) is -1.11. The van der Waals surface area contributed by atoms with Crippen LogP contribution in [0.25, 0.3) is 0 Å². The zero-order valence-corrected chi connectivity index (χ0v) is 22.3. The van der Waals surface area contributed by atoms with Gasteiger partial charge in [-0.2, -0.15) is 0 Å². The summed E-state index contributed by atoms with van der Waals surface area (Å²) < 4.78 is 25.2. The molecule has 0 aliphatic heterocycles. The molecule has 182 valence electrons. The van der Waals surface area contributed by atoms with Gasteiger partial charge in [-0.05, 0) is 75.4 Å². The second-order valence-corrected chi connectivity index (χ2v) is 8.12. The van der Waals surface area contributed by atoms with Crippen molar-refractivity contribution in [1.82, 2.24) is 5.32 Å². The van der Waals surface area contributed by atoms with E-state index >= 15 is 0 Å². The van der Waals surface area contributed by atoms with Crippen molar-refractivity contribution in [2.75, 3.05) is 13.1 Å². The number of carbonyl (C=O) groups excluding carboxylic acids is 1. The molecule has 0 aliphatic carbocycles. The predicted molar refractivity (Wildman–Crippen MR) is 120 cm³/mol. The molecule has 0 aromatic heterocycles. The van der Waals surface area contributed by atoms with E-state index in [1.54, 1.807) is 12.1 Å². The van der Waals surface area contributed by atoms with Crippen molar-refractivity contribution in [3.8, 4) is 11.5 Å². The van der Waals surface area contributed by atoms with Gasteiger partial charge in [-0.3, -0.25) is 0 Å². The van der Waals surface area contributed by atoms with E-state index in [0.717, 1.165) is 16.7 Å². The number of carboxylic acids is 1. The number of aliphatic hydroxyl groups excluding tert-OH is 2. The van der Waals surface area contributed by atoms with E-state index in [4.69, 9.17) is 9.47 Å². The summed E-state index contributed by atoms with van der Waals surface area (Å²) >= 11 is 0. The van der Waals surface area contributed by atoms with Crippen LogP contribution in [0.4, 0.5) is 4.39 Å². The third-order valence-corrected chi connectivity index (χ3v) is 5.13. The van der Waals surface area contributed by atoms with Crippen LogP contribution in [0.2, 0.25) is 0 Å².